The Morgan fingerprint density at radius 3 is 1.67 bits per heavy atom. The van der Waals surface area contributed by atoms with Crippen molar-refractivity contribution < 1.29 is 19.8 Å². The van der Waals surface area contributed by atoms with Crippen LogP contribution in [0.5, 0.6) is 11.5 Å². The van der Waals surface area contributed by atoms with Crippen molar-refractivity contribution in [2.24, 2.45) is 0 Å². The van der Waals surface area contributed by atoms with E-state index in [1.807, 2.05) is 12.1 Å². The fourth-order valence-corrected chi connectivity index (χ4v) is 3.92. The zero-order chi connectivity index (χ0) is 19.0. The van der Waals surface area contributed by atoms with Crippen molar-refractivity contribution in [3.8, 4) is 11.5 Å². The highest BCUT2D eigenvalue weighted by atomic mass is 16.3. The Balaban J connectivity index is 1.58. The number of amides is 2. The summed E-state index contributed by atoms with van der Waals surface area (Å²) >= 11 is 0. The van der Waals surface area contributed by atoms with Gasteiger partial charge in [-0.15, -0.1) is 0 Å². The summed E-state index contributed by atoms with van der Waals surface area (Å²) < 4.78 is 0. The van der Waals surface area contributed by atoms with Crippen LogP contribution in [0.15, 0.2) is 48.5 Å². The highest BCUT2D eigenvalue weighted by Crippen LogP contribution is 2.27. The van der Waals surface area contributed by atoms with Crippen LogP contribution in [0, 0.1) is 0 Å². The Morgan fingerprint density at radius 2 is 1.26 bits per heavy atom. The minimum absolute atomic E-state index is 0.130. The first-order valence-corrected chi connectivity index (χ1v) is 8.91. The van der Waals surface area contributed by atoms with Gasteiger partial charge < -0.3 is 25.3 Å². The molecule has 2 heterocycles. The van der Waals surface area contributed by atoms with E-state index in [0.29, 0.717) is 13.1 Å². The molecule has 2 amide bonds. The van der Waals surface area contributed by atoms with Crippen molar-refractivity contribution in [3.63, 3.8) is 0 Å². The Morgan fingerprint density at radius 1 is 0.815 bits per heavy atom. The van der Waals surface area contributed by atoms with Gasteiger partial charge in [-0.2, -0.15) is 0 Å². The molecule has 27 heavy (non-hydrogen) atoms. The summed E-state index contributed by atoms with van der Waals surface area (Å²) in [5.74, 6) is -0.809. The van der Waals surface area contributed by atoms with Crippen LogP contribution in [-0.2, 0) is 22.7 Å². The van der Waals surface area contributed by atoms with Gasteiger partial charge in [-0.05, 0) is 35.4 Å². The number of nitrogens with one attached hydrogen (secondary N) is 1. The Hall–Kier alpha value is -3.06. The van der Waals surface area contributed by atoms with Gasteiger partial charge >= 0.3 is 11.8 Å². The summed E-state index contributed by atoms with van der Waals surface area (Å²) in [5.41, 5.74) is 1.56. The number of phenolic OH excluding ortho intramolecular Hbond substituents is 2. The second kappa shape index (κ2) is 6.92. The number of phenols is 2. The summed E-state index contributed by atoms with van der Waals surface area (Å²) in [7, 11) is 0. The second-order valence-electron chi connectivity index (χ2n) is 7.00. The largest absolute Gasteiger partial charge is 0.508 e. The van der Waals surface area contributed by atoms with Gasteiger partial charge in [-0.25, -0.2) is 0 Å². The number of fused-ring (bicyclic) bond motifs is 1. The molecule has 0 spiro atoms. The molecule has 2 aliphatic rings. The maximum atomic E-state index is 12.8. The lowest BCUT2D eigenvalue weighted by Crippen LogP contribution is -2.63. The minimum Gasteiger partial charge on any atom is -0.508 e. The fraction of sp³-hybridized carbons (Fsp3) is 0.300. The van der Waals surface area contributed by atoms with Gasteiger partial charge in [-0.3, -0.25) is 9.59 Å². The minimum atomic E-state index is -0.538. The fourth-order valence-electron chi connectivity index (χ4n) is 3.92. The summed E-state index contributed by atoms with van der Waals surface area (Å²) in [4.78, 5) is 28.8. The lowest BCUT2D eigenvalue weighted by atomic mass is 10.0. The Kier molecular flexibility index (Phi) is 4.45. The predicted molar refractivity (Wildman–Crippen MR) is 97.8 cm³/mol. The van der Waals surface area contributed by atoms with E-state index >= 15 is 0 Å². The average molecular weight is 367 g/mol. The van der Waals surface area contributed by atoms with Gasteiger partial charge in [0.05, 0.1) is 12.1 Å². The Labute approximate surface area is 156 Å². The lowest BCUT2D eigenvalue weighted by molar-refractivity contribution is -0.162. The number of carbonyl (C=O) groups excluding carboxylic acids is 2. The molecule has 2 saturated heterocycles. The smallest absolute Gasteiger partial charge is 0.312 e. The maximum absolute atomic E-state index is 12.8. The number of benzene rings is 2. The van der Waals surface area contributed by atoms with E-state index in [-0.39, 0.29) is 36.7 Å². The van der Waals surface area contributed by atoms with Crippen molar-refractivity contribution >= 4 is 11.8 Å². The topological polar surface area (TPSA) is 93.1 Å². The molecule has 7 heteroatoms. The molecule has 0 aliphatic carbocycles. The molecule has 0 saturated carbocycles. The number of nitrogens with zero attached hydrogens (tertiary/aromatic N) is 2. The molecular weight excluding hydrogens is 346 g/mol. The van der Waals surface area contributed by atoms with Crippen LogP contribution in [0.2, 0.25) is 0 Å². The van der Waals surface area contributed by atoms with Gasteiger partial charge in [-0.1, -0.05) is 24.3 Å². The van der Waals surface area contributed by atoms with Crippen LogP contribution < -0.4 is 5.32 Å². The summed E-state index contributed by atoms with van der Waals surface area (Å²) in [6, 6.07) is 13.2. The number of aromatic hydroxyl groups is 2. The van der Waals surface area contributed by atoms with Crippen LogP contribution in [0.25, 0.3) is 0 Å². The molecule has 0 radical (unpaired) electrons. The van der Waals surface area contributed by atoms with Crippen molar-refractivity contribution in [1.29, 1.82) is 0 Å². The van der Waals surface area contributed by atoms with E-state index in [2.05, 4.69) is 5.32 Å². The SMILES string of the molecule is O=C1C(=O)N(Cc2cccc(O)c2)[C@H]2CNC[C@@H]2N1Cc1cccc(O)c1. The van der Waals surface area contributed by atoms with E-state index in [1.54, 1.807) is 46.2 Å². The van der Waals surface area contributed by atoms with Crippen LogP contribution in [-0.4, -0.2) is 57.0 Å². The molecular formula is C20H21N3O4. The first kappa shape index (κ1) is 17.4. The highest BCUT2D eigenvalue weighted by Gasteiger charge is 2.47. The molecule has 2 fully saturated rings. The first-order valence-electron chi connectivity index (χ1n) is 8.91. The maximum Gasteiger partial charge on any atom is 0.312 e. The van der Waals surface area contributed by atoms with Crippen molar-refractivity contribution in [3.05, 3.63) is 59.7 Å². The van der Waals surface area contributed by atoms with E-state index in [0.717, 1.165) is 11.1 Å². The zero-order valence-electron chi connectivity index (χ0n) is 14.7. The van der Waals surface area contributed by atoms with Gasteiger partial charge in [0.25, 0.3) is 0 Å². The van der Waals surface area contributed by atoms with Crippen molar-refractivity contribution in [2.45, 2.75) is 25.2 Å². The zero-order valence-corrected chi connectivity index (χ0v) is 14.7. The molecule has 0 unspecified atom stereocenters. The molecule has 2 aliphatic heterocycles. The number of rotatable bonds is 4. The average Bonchev–Trinajstić information content (AvgIpc) is 3.12. The summed E-state index contributed by atoms with van der Waals surface area (Å²) in [6.07, 6.45) is 0. The molecule has 0 bridgehead atoms. The quantitative estimate of drug-likeness (QED) is 0.696. The highest BCUT2D eigenvalue weighted by molar-refractivity contribution is 6.35. The molecule has 3 N–H and O–H groups in total. The molecule has 2 aromatic rings. The summed E-state index contributed by atoms with van der Waals surface area (Å²) in [5, 5.41) is 22.6. The third kappa shape index (κ3) is 3.33. The third-order valence-electron chi connectivity index (χ3n) is 5.18. The van der Waals surface area contributed by atoms with Crippen LogP contribution in [0.3, 0.4) is 0 Å². The standard InChI is InChI=1S/C20H21N3O4/c24-15-5-1-3-13(7-15)11-22-17-9-21-10-18(17)23(20(27)19(22)26)12-14-4-2-6-16(25)8-14/h1-8,17-18,21,24-25H,9-12H2/t17-,18-/m0/s1. The molecule has 7 nitrogen and oxygen atoms in total. The molecule has 2 aromatic carbocycles. The van der Waals surface area contributed by atoms with Crippen molar-refractivity contribution in [1.82, 2.24) is 15.1 Å². The number of piperazine rings is 1. The number of carbonyl (C=O) groups is 2. The normalized spacial score (nSPS) is 22.2. The van der Waals surface area contributed by atoms with Crippen LogP contribution >= 0.6 is 0 Å². The van der Waals surface area contributed by atoms with Gasteiger partial charge in [0.15, 0.2) is 0 Å². The van der Waals surface area contributed by atoms with Crippen LogP contribution in [0.4, 0.5) is 0 Å². The molecule has 4 rings (SSSR count). The predicted octanol–water partition coefficient (Wildman–Crippen LogP) is 0.809. The molecule has 140 valence electrons. The lowest BCUT2D eigenvalue weighted by Gasteiger charge is -2.43. The molecule has 0 aromatic heterocycles. The van der Waals surface area contributed by atoms with E-state index < -0.39 is 11.8 Å². The van der Waals surface area contributed by atoms with E-state index in [1.165, 1.54) is 0 Å². The van der Waals surface area contributed by atoms with Crippen molar-refractivity contribution in [2.75, 3.05) is 13.1 Å². The van der Waals surface area contributed by atoms with Gasteiger partial charge in [0, 0.05) is 26.2 Å². The van der Waals surface area contributed by atoms with Crippen LogP contribution in [0.1, 0.15) is 11.1 Å². The number of hydrogen-bond donors (Lipinski definition) is 3. The van der Waals surface area contributed by atoms with Gasteiger partial charge in [0.2, 0.25) is 0 Å². The van der Waals surface area contributed by atoms with E-state index in [4.69, 9.17) is 0 Å². The third-order valence-corrected chi connectivity index (χ3v) is 5.18. The number of hydrogen-bond acceptors (Lipinski definition) is 5. The van der Waals surface area contributed by atoms with Gasteiger partial charge in [0.1, 0.15) is 11.5 Å². The second-order valence-corrected chi connectivity index (χ2v) is 7.00. The first-order chi connectivity index (χ1) is 13.0. The summed E-state index contributed by atoms with van der Waals surface area (Å²) in [6.45, 7) is 1.78. The monoisotopic (exact) mass is 367 g/mol. The molecule has 2 atom stereocenters. The Bertz CT molecular complexity index is 814. The van der Waals surface area contributed by atoms with E-state index in [9.17, 15) is 19.8 Å².